The summed E-state index contributed by atoms with van der Waals surface area (Å²) < 4.78 is 5.75. The van der Waals surface area contributed by atoms with Gasteiger partial charge >= 0.3 is 0 Å². The third-order valence-electron chi connectivity index (χ3n) is 3.12. The maximum Gasteiger partial charge on any atom is 0.145 e. The van der Waals surface area contributed by atoms with E-state index >= 15 is 0 Å². The number of nitrogens with zero attached hydrogens (tertiary/aromatic N) is 3. The molecule has 19 heavy (non-hydrogen) atoms. The highest BCUT2D eigenvalue weighted by Crippen LogP contribution is 2.21. The molecule has 0 spiro atoms. The normalized spacial score (nSPS) is 23.5. The number of aryl methyl sites for hydroxylation is 1. The van der Waals surface area contributed by atoms with Crippen molar-refractivity contribution < 1.29 is 4.74 Å². The van der Waals surface area contributed by atoms with Gasteiger partial charge in [0, 0.05) is 25.6 Å². The van der Waals surface area contributed by atoms with Gasteiger partial charge in [-0.3, -0.25) is 0 Å². The lowest BCUT2D eigenvalue weighted by Crippen LogP contribution is -2.46. The molecule has 3 N–H and O–H groups in total. The molecule has 2 atom stereocenters. The lowest BCUT2D eigenvalue weighted by Gasteiger charge is -2.36. The lowest BCUT2D eigenvalue weighted by molar-refractivity contribution is -0.00547. The molecular formula is C13H23N5O. The molecule has 1 aromatic heterocycles. The Morgan fingerprint density at radius 3 is 2.63 bits per heavy atom. The van der Waals surface area contributed by atoms with Crippen molar-refractivity contribution in [3.05, 3.63) is 11.9 Å². The lowest BCUT2D eigenvalue weighted by atomic mass is 10.2. The second-order valence-corrected chi connectivity index (χ2v) is 5.08. The average Bonchev–Trinajstić information content (AvgIpc) is 2.37. The first-order valence-corrected chi connectivity index (χ1v) is 6.87. The number of hydrogen-bond donors (Lipinski definition) is 2. The number of anilines is 2. The molecule has 106 valence electrons. The number of hydrazine groups is 1. The van der Waals surface area contributed by atoms with Gasteiger partial charge in [-0.2, -0.15) is 0 Å². The van der Waals surface area contributed by atoms with Crippen molar-refractivity contribution in [1.82, 2.24) is 9.97 Å². The molecule has 2 unspecified atom stereocenters. The van der Waals surface area contributed by atoms with Gasteiger partial charge in [-0.1, -0.05) is 6.92 Å². The second-order valence-electron chi connectivity index (χ2n) is 5.08. The molecule has 6 nitrogen and oxygen atoms in total. The number of ether oxygens (including phenoxy) is 1. The van der Waals surface area contributed by atoms with E-state index in [1.54, 1.807) is 0 Å². The van der Waals surface area contributed by atoms with Crippen LogP contribution in [0.5, 0.6) is 0 Å². The van der Waals surface area contributed by atoms with Crippen molar-refractivity contribution in [2.45, 2.75) is 45.8 Å². The third-order valence-corrected chi connectivity index (χ3v) is 3.12. The van der Waals surface area contributed by atoms with E-state index in [-0.39, 0.29) is 12.2 Å². The fraction of sp³-hybridized carbons (Fsp3) is 0.692. The second kappa shape index (κ2) is 6.16. The van der Waals surface area contributed by atoms with Crippen LogP contribution in [-0.4, -0.2) is 35.3 Å². The Morgan fingerprint density at radius 2 is 2.05 bits per heavy atom. The van der Waals surface area contributed by atoms with Crippen LogP contribution in [0.25, 0.3) is 0 Å². The zero-order valence-corrected chi connectivity index (χ0v) is 11.9. The van der Waals surface area contributed by atoms with E-state index in [0.717, 1.165) is 37.6 Å². The molecule has 1 aliphatic heterocycles. The van der Waals surface area contributed by atoms with Crippen LogP contribution < -0.4 is 16.2 Å². The minimum atomic E-state index is 0.211. The molecule has 0 bridgehead atoms. The molecule has 0 radical (unpaired) electrons. The van der Waals surface area contributed by atoms with Crippen molar-refractivity contribution in [3.63, 3.8) is 0 Å². The minimum Gasteiger partial charge on any atom is -0.372 e. The number of rotatable bonds is 4. The van der Waals surface area contributed by atoms with Gasteiger partial charge in [-0.15, -0.1) is 0 Å². The summed E-state index contributed by atoms with van der Waals surface area (Å²) in [5.41, 5.74) is 2.62. The first-order chi connectivity index (χ1) is 9.12. The maximum absolute atomic E-state index is 5.75. The number of aromatic nitrogens is 2. The smallest absolute Gasteiger partial charge is 0.145 e. The van der Waals surface area contributed by atoms with Crippen LogP contribution in [0.1, 0.15) is 33.0 Å². The van der Waals surface area contributed by atoms with Crippen LogP contribution in [0.15, 0.2) is 6.07 Å². The summed E-state index contributed by atoms with van der Waals surface area (Å²) in [6.07, 6.45) is 2.30. The number of morpholine rings is 1. The summed E-state index contributed by atoms with van der Waals surface area (Å²) in [5, 5.41) is 0. The summed E-state index contributed by atoms with van der Waals surface area (Å²) in [6, 6.07) is 1.89. The van der Waals surface area contributed by atoms with Crippen molar-refractivity contribution in [1.29, 1.82) is 0 Å². The van der Waals surface area contributed by atoms with E-state index < -0.39 is 0 Å². The fourth-order valence-corrected chi connectivity index (χ4v) is 2.42. The highest BCUT2D eigenvalue weighted by molar-refractivity contribution is 5.49. The Bertz CT molecular complexity index is 415. The number of nitrogens with one attached hydrogen (secondary N) is 1. The maximum atomic E-state index is 5.75. The summed E-state index contributed by atoms with van der Waals surface area (Å²) in [7, 11) is 0. The topological polar surface area (TPSA) is 76.3 Å². The summed E-state index contributed by atoms with van der Waals surface area (Å²) in [6.45, 7) is 7.97. The van der Waals surface area contributed by atoms with E-state index in [1.165, 1.54) is 0 Å². The summed E-state index contributed by atoms with van der Waals surface area (Å²) >= 11 is 0. The van der Waals surface area contributed by atoms with Crippen molar-refractivity contribution in [2.24, 2.45) is 5.84 Å². The molecule has 1 saturated heterocycles. The van der Waals surface area contributed by atoms with Gasteiger partial charge < -0.3 is 15.1 Å². The van der Waals surface area contributed by atoms with Crippen LogP contribution in [-0.2, 0) is 11.2 Å². The molecule has 2 rings (SSSR count). The van der Waals surface area contributed by atoms with Crippen molar-refractivity contribution in [2.75, 3.05) is 23.4 Å². The van der Waals surface area contributed by atoms with Gasteiger partial charge in [-0.25, -0.2) is 15.8 Å². The predicted molar refractivity (Wildman–Crippen MR) is 76.1 cm³/mol. The van der Waals surface area contributed by atoms with E-state index in [1.807, 2.05) is 6.07 Å². The van der Waals surface area contributed by atoms with E-state index in [4.69, 9.17) is 10.6 Å². The van der Waals surface area contributed by atoms with E-state index in [2.05, 4.69) is 41.1 Å². The molecule has 0 aliphatic carbocycles. The number of hydrogen-bond acceptors (Lipinski definition) is 6. The van der Waals surface area contributed by atoms with Gasteiger partial charge in [0.15, 0.2) is 0 Å². The van der Waals surface area contributed by atoms with Gasteiger partial charge in [-0.05, 0) is 20.3 Å². The van der Waals surface area contributed by atoms with Crippen LogP contribution in [0.2, 0.25) is 0 Å². The number of nitrogen functional groups attached to an aromatic ring is 1. The molecule has 0 saturated carbocycles. The highest BCUT2D eigenvalue weighted by Gasteiger charge is 2.23. The molecule has 1 aliphatic rings. The Kier molecular flexibility index (Phi) is 4.55. The predicted octanol–water partition coefficient (Wildman–Crippen LogP) is 1.33. The van der Waals surface area contributed by atoms with Gasteiger partial charge in [0.1, 0.15) is 17.5 Å². The quantitative estimate of drug-likeness (QED) is 0.632. The van der Waals surface area contributed by atoms with E-state index in [0.29, 0.717) is 5.82 Å². The van der Waals surface area contributed by atoms with Gasteiger partial charge in [0.2, 0.25) is 0 Å². The molecule has 6 heteroatoms. The van der Waals surface area contributed by atoms with E-state index in [9.17, 15) is 0 Å². The standard InChI is InChI=1S/C13H23N5O/c1-4-5-11-15-12(17-14)6-13(16-11)18-7-9(2)19-10(3)8-18/h6,9-10H,4-5,7-8,14H2,1-3H3,(H,15,16,17). The molecular weight excluding hydrogens is 242 g/mol. The molecule has 0 aromatic carbocycles. The SMILES string of the molecule is CCCc1nc(NN)cc(N2CC(C)OC(C)C2)n1. The zero-order chi connectivity index (χ0) is 13.8. The third kappa shape index (κ3) is 3.54. The number of nitrogens with two attached hydrogens (primary N) is 1. The Balaban J connectivity index is 2.24. The highest BCUT2D eigenvalue weighted by atomic mass is 16.5. The molecule has 1 fully saturated rings. The zero-order valence-electron chi connectivity index (χ0n) is 11.9. The van der Waals surface area contributed by atoms with Crippen LogP contribution >= 0.6 is 0 Å². The molecule has 1 aromatic rings. The minimum absolute atomic E-state index is 0.211. The van der Waals surface area contributed by atoms with Crippen molar-refractivity contribution in [3.8, 4) is 0 Å². The Morgan fingerprint density at radius 1 is 1.37 bits per heavy atom. The average molecular weight is 265 g/mol. The van der Waals surface area contributed by atoms with Crippen LogP contribution in [0, 0.1) is 0 Å². The summed E-state index contributed by atoms with van der Waals surface area (Å²) in [5.74, 6) is 7.91. The summed E-state index contributed by atoms with van der Waals surface area (Å²) in [4.78, 5) is 11.2. The molecule has 0 amide bonds. The van der Waals surface area contributed by atoms with Gasteiger partial charge in [0.25, 0.3) is 0 Å². The first kappa shape index (κ1) is 14.0. The molecule has 2 heterocycles. The Labute approximate surface area is 114 Å². The first-order valence-electron chi connectivity index (χ1n) is 6.87. The van der Waals surface area contributed by atoms with Crippen LogP contribution in [0.4, 0.5) is 11.6 Å². The van der Waals surface area contributed by atoms with Crippen molar-refractivity contribution >= 4 is 11.6 Å². The Hall–Kier alpha value is -1.40. The van der Waals surface area contributed by atoms with Gasteiger partial charge in [0.05, 0.1) is 12.2 Å². The monoisotopic (exact) mass is 265 g/mol. The largest absolute Gasteiger partial charge is 0.372 e. The fourth-order valence-electron chi connectivity index (χ4n) is 2.42. The van der Waals surface area contributed by atoms with Crippen LogP contribution in [0.3, 0.4) is 0 Å².